The standard InChI is InChI=1S/C10H12N2O2/c11-8-5-6(10(12)13)1-4-9(8)14-7-2-3-7/h1,4-5,7H,2-3,11H2,(H2,12,13). The van der Waals surface area contributed by atoms with E-state index in [1.165, 1.54) is 0 Å². The molecule has 1 aromatic rings. The largest absolute Gasteiger partial charge is 0.488 e. The highest BCUT2D eigenvalue weighted by atomic mass is 16.5. The van der Waals surface area contributed by atoms with Gasteiger partial charge in [-0.3, -0.25) is 4.79 Å². The van der Waals surface area contributed by atoms with Crippen LogP contribution in [0.4, 0.5) is 5.69 Å². The smallest absolute Gasteiger partial charge is 0.248 e. The van der Waals surface area contributed by atoms with Gasteiger partial charge in [-0.1, -0.05) is 0 Å². The number of benzene rings is 1. The Morgan fingerprint density at radius 2 is 2.14 bits per heavy atom. The highest BCUT2D eigenvalue weighted by Crippen LogP contribution is 2.30. The fraction of sp³-hybridized carbons (Fsp3) is 0.300. The molecule has 1 amide bonds. The van der Waals surface area contributed by atoms with Gasteiger partial charge >= 0.3 is 0 Å². The molecule has 4 heteroatoms. The maximum absolute atomic E-state index is 10.8. The van der Waals surface area contributed by atoms with Crippen LogP contribution in [0, 0.1) is 0 Å². The SMILES string of the molecule is NC(=O)c1ccc(OC2CC2)c(N)c1. The molecule has 0 saturated heterocycles. The second-order valence-corrected chi connectivity index (χ2v) is 3.43. The third-order valence-electron chi connectivity index (χ3n) is 2.11. The fourth-order valence-electron chi connectivity index (χ4n) is 1.17. The summed E-state index contributed by atoms with van der Waals surface area (Å²) in [5, 5.41) is 0. The molecular weight excluding hydrogens is 180 g/mol. The number of nitrogen functional groups attached to an aromatic ring is 1. The summed E-state index contributed by atoms with van der Waals surface area (Å²) in [7, 11) is 0. The topological polar surface area (TPSA) is 78.3 Å². The van der Waals surface area contributed by atoms with E-state index in [4.69, 9.17) is 16.2 Å². The minimum absolute atomic E-state index is 0.303. The summed E-state index contributed by atoms with van der Waals surface area (Å²) < 4.78 is 5.51. The molecule has 4 N–H and O–H groups in total. The van der Waals surface area contributed by atoms with Gasteiger partial charge in [0.2, 0.25) is 5.91 Å². The minimum atomic E-state index is -0.477. The number of hydrogen-bond donors (Lipinski definition) is 2. The fourth-order valence-corrected chi connectivity index (χ4v) is 1.17. The first kappa shape index (κ1) is 8.87. The van der Waals surface area contributed by atoms with Crippen molar-refractivity contribution in [1.29, 1.82) is 0 Å². The van der Waals surface area contributed by atoms with Crippen molar-refractivity contribution < 1.29 is 9.53 Å². The van der Waals surface area contributed by atoms with Gasteiger partial charge in [-0.05, 0) is 31.0 Å². The molecule has 2 rings (SSSR count). The number of anilines is 1. The van der Waals surface area contributed by atoms with E-state index in [1.807, 2.05) is 0 Å². The van der Waals surface area contributed by atoms with Crippen LogP contribution in [-0.4, -0.2) is 12.0 Å². The van der Waals surface area contributed by atoms with Crippen molar-refractivity contribution in [2.24, 2.45) is 5.73 Å². The molecule has 0 heterocycles. The molecule has 4 nitrogen and oxygen atoms in total. The first-order valence-corrected chi connectivity index (χ1v) is 4.53. The molecule has 1 aliphatic carbocycles. The molecule has 0 atom stereocenters. The average molecular weight is 192 g/mol. The number of primary amides is 1. The highest BCUT2D eigenvalue weighted by Gasteiger charge is 2.24. The summed E-state index contributed by atoms with van der Waals surface area (Å²) >= 11 is 0. The molecule has 0 aliphatic heterocycles. The number of rotatable bonds is 3. The van der Waals surface area contributed by atoms with Crippen molar-refractivity contribution in [3.05, 3.63) is 23.8 Å². The van der Waals surface area contributed by atoms with Gasteiger partial charge in [0, 0.05) is 5.56 Å². The van der Waals surface area contributed by atoms with Gasteiger partial charge in [0.1, 0.15) is 5.75 Å². The van der Waals surface area contributed by atoms with Gasteiger partial charge in [0.05, 0.1) is 11.8 Å². The normalized spacial score (nSPS) is 15.1. The zero-order chi connectivity index (χ0) is 10.1. The summed E-state index contributed by atoms with van der Waals surface area (Å²) in [6, 6.07) is 4.85. The lowest BCUT2D eigenvalue weighted by molar-refractivity contribution is 0.100. The maximum Gasteiger partial charge on any atom is 0.248 e. The van der Waals surface area contributed by atoms with Crippen molar-refractivity contribution in [3.63, 3.8) is 0 Å². The van der Waals surface area contributed by atoms with Crippen LogP contribution in [0.2, 0.25) is 0 Å². The molecule has 1 aliphatic rings. The molecule has 74 valence electrons. The Morgan fingerprint density at radius 3 is 2.64 bits per heavy atom. The van der Waals surface area contributed by atoms with Gasteiger partial charge in [-0.25, -0.2) is 0 Å². The number of carbonyl (C=O) groups excluding carboxylic acids is 1. The lowest BCUT2D eigenvalue weighted by Gasteiger charge is -2.07. The number of nitrogens with two attached hydrogens (primary N) is 2. The number of amides is 1. The van der Waals surface area contributed by atoms with E-state index in [0.29, 0.717) is 23.1 Å². The Kier molecular flexibility index (Phi) is 2.04. The maximum atomic E-state index is 10.8. The molecule has 1 saturated carbocycles. The lowest BCUT2D eigenvalue weighted by atomic mass is 10.2. The predicted molar refractivity (Wildman–Crippen MR) is 53.0 cm³/mol. The van der Waals surface area contributed by atoms with E-state index in [-0.39, 0.29) is 0 Å². The summed E-state index contributed by atoms with van der Waals surface area (Å²) in [4.78, 5) is 10.8. The van der Waals surface area contributed by atoms with Crippen molar-refractivity contribution in [2.45, 2.75) is 18.9 Å². The predicted octanol–water partition coefficient (Wildman–Crippen LogP) is 0.909. The van der Waals surface area contributed by atoms with Crippen LogP contribution in [0.5, 0.6) is 5.75 Å². The molecule has 1 fully saturated rings. The first-order valence-electron chi connectivity index (χ1n) is 4.53. The van der Waals surface area contributed by atoms with Gasteiger partial charge < -0.3 is 16.2 Å². The van der Waals surface area contributed by atoms with E-state index in [9.17, 15) is 4.79 Å². The summed E-state index contributed by atoms with van der Waals surface area (Å²) in [5.41, 5.74) is 11.7. The number of carbonyl (C=O) groups is 1. The second kappa shape index (κ2) is 3.21. The minimum Gasteiger partial charge on any atom is -0.488 e. The van der Waals surface area contributed by atoms with Gasteiger partial charge in [-0.15, -0.1) is 0 Å². The van der Waals surface area contributed by atoms with Crippen molar-refractivity contribution in [2.75, 3.05) is 5.73 Å². The molecule has 0 bridgehead atoms. The third kappa shape index (κ3) is 1.79. The molecule has 0 aromatic heterocycles. The van der Waals surface area contributed by atoms with E-state index in [0.717, 1.165) is 12.8 Å². The third-order valence-corrected chi connectivity index (χ3v) is 2.11. The van der Waals surface area contributed by atoms with Crippen molar-refractivity contribution >= 4 is 11.6 Å². The van der Waals surface area contributed by atoms with Crippen LogP contribution in [0.1, 0.15) is 23.2 Å². The zero-order valence-corrected chi connectivity index (χ0v) is 7.69. The number of hydrogen-bond acceptors (Lipinski definition) is 3. The van der Waals surface area contributed by atoms with E-state index >= 15 is 0 Å². The van der Waals surface area contributed by atoms with Crippen LogP contribution in [0.25, 0.3) is 0 Å². The van der Waals surface area contributed by atoms with Crippen LogP contribution in [0.3, 0.4) is 0 Å². The Labute approximate surface area is 81.8 Å². The Balaban J connectivity index is 2.21. The van der Waals surface area contributed by atoms with Gasteiger partial charge in [0.15, 0.2) is 0 Å². The molecule has 0 spiro atoms. The van der Waals surface area contributed by atoms with Crippen LogP contribution < -0.4 is 16.2 Å². The van der Waals surface area contributed by atoms with Crippen LogP contribution >= 0.6 is 0 Å². The molecule has 0 radical (unpaired) electrons. The van der Waals surface area contributed by atoms with Crippen LogP contribution in [0.15, 0.2) is 18.2 Å². The second-order valence-electron chi connectivity index (χ2n) is 3.43. The Morgan fingerprint density at radius 1 is 1.43 bits per heavy atom. The first-order chi connectivity index (χ1) is 6.66. The Bertz CT molecular complexity index is 372. The van der Waals surface area contributed by atoms with E-state index in [1.54, 1.807) is 18.2 Å². The van der Waals surface area contributed by atoms with Crippen LogP contribution in [-0.2, 0) is 0 Å². The highest BCUT2D eigenvalue weighted by molar-refractivity contribution is 5.94. The molecule has 1 aromatic carbocycles. The van der Waals surface area contributed by atoms with E-state index in [2.05, 4.69) is 0 Å². The van der Waals surface area contributed by atoms with Gasteiger partial charge in [0.25, 0.3) is 0 Å². The van der Waals surface area contributed by atoms with Gasteiger partial charge in [-0.2, -0.15) is 0 Å². The molecule has 0 unspecified atom stereocenters. The van der Waals surface area contributed by atoms with Crippen molar-refractivity contribution in [1.82, 2.24) is 0 Å². The lowest BCUT2D eigenvalue weighted by Crippen LogP contribution is -2.11. The average Bonchev–Trinajstić information content (AvgIpc) is 2.92. The van der Waals surface area contributed by atoms with E-state index < -0.39 is 5.91 Å². The molecule has 14 heavy (non-hydrogen) atoms. The zero-order valence-electron chi connectivity index (χ0n) is 7.69. The summed E-state index contributed by atoms with van der Waals surface area (Å²) in [6.07, 6.45) is 2.46. The van der Waals surface area contributed by atoms with Crippen molar-refractivity contribution in [3.8, 4) is 5.75 Å². The summed E-state index contributed by atoms with van der Waals surface area (Å²) in [5.74, 6) is 0.159. The Hall–Kier alpha value is -1.71. The summed E-state index contributed by atoms with van der Waals surface area (Å²) in [6.45, 7) is 0. The monoisotopic (exact) mass is 192 g/mol. The quantitative estimate of drug-likeness (QED) is 0.698. The molecular formula is C10H12N2O2. The number of ether oxygens (including phenoxy) is 1.